The molecule has 1 atom stereocenters. The van der Waals surface area contributed by atoms with E-state index in [1.807, 2.05) is 0 Å². The topological polar surface area (TPSA) is 90.9 Å². The minimum Gasteiger partial charge on any atom is -0.479 e. The van der Waals surface area contributed by atoms with Crippen molar-refractivity contribution in [2.75, 3.05) is 18.5 Å². The molecule has 0 heterocycles. The molecule has 0 aliphatic heterocycles. The summed E-state index contributed by atoms with van der Waals surface area (Å²) in [5.74, 6) is -1.41. The van der Waals surface area contributed by atoms with E-state index in [0.29, 0.717) is 10.8 Å². The van der Waals surface area contributed by atoms with Gasteiger partial charge in [0.2, 0.25) is 0 Å². The zero-order valence-electron chi connectivity index (χ0n) is 15.4. The van der Waals surface area contributed by atoms with E-state index < -0.39 is 30.6 Å². The van der Waals surface area contributed by atoms with Crippen molar-refractivity contribution in [1.82, 2.24) is 0 Å². The zero-order valence-corrected chi connectivity index (χ0v) is 16.2. The molecule has 0 aliphatic rings. The van der Waals surface area contributed by atoms with Gasteiger partial charge in [0, 0.05) is 5.02 Å². The van der Waals surface area contributed by atoms with Gasteiger partial charge < -0.3 is 19.5 Å². The molecule has 0 spiro atoms. The molecule has 148 valence electrons. The molecule has 0 aromatic heterocycles. The fourth-order valence-electron chi connectivity index (χ4n) is 2.18. The van der Waals surface area contributed by atoms with Gasteiger partial charge in [-0.25, -0.2) is 9.59 Å². The van der Waals surface area contributed by atoms with E-state index in [2.05, 4.69) is 5.32 Å². The third-order valence-corrected chi connectivity index (χ3v) is 3.75. The molecule has 28 heavy (non-hydrogen) atoms. The summed E-state index contributed by atoms with van der Waals surface area (Å²) in [7, 11) is 0. The van der Waals surface area contributed by atoms with Crippen molar-refractivity contribution in [3.05, 3.63) is 59.1 Å². The van der Waals surface area contributed by atoms with E-state index >= 15 is 0 Å². The Morgan fingerprint density at radius 3 is 2.39 bits per heavy atom. The fourth-order valence-corrected chi connectivity index (χ4v) is 2.31. The predicted octanol–water partition coefficient (Wildman–Crippen LogP) is 3.47. The van der Waals surface area contributed by atoms with Gasteiger partial charge in [0.25, 0.3) is 5.91 Å². The Bertz CT molecular complexity index is 837. The largest absolute Gasteiger partial charge is 0.479 e. The number of nitrogens with one attached hydrogen (secondary N) is 1. The smallest absolute Gasteiger partial charge is 0.347 e. The van der Waals surface area contributed by atoms with Crippen LogP contribution in [0, 0.1) is 0 Å². The first-order valence-electron chi connectivity index (χ1n) is 8.55. The van der Waals surface area contributed by atoms with Gasteiger partial charge in [0.05, 0.1) is 17.9 Å². The van der Waals surface area contributed by atoms with Crippen LogP contribution in [0.1, 0.15) is 24.2 Å². The molecule has 0 saturated heterocycles. The number of para-hydroxylation sites is 1. The van der Waals surface area contributed by atoms with Crippen LogP contribution in [-0.2, 0) is 19.1 Å². The molecular weight excluding hydrogens is 386 g/mol. The number of hydrogen-bond donors (Lipinski definition) is 1. The molecule has 0 radical (unpaired) electrons. The summed E-state index contributed by atoms with van der Waals surface area (Å²) in [6.45, 7) is 2.88. The number of esters is 2. The van der Waals surface area contributed by atoms with Crippen LogP contribution in [0.3, 0.4) is 0 Å². The van der Waals surface area contributed by atoms with Crippen molar-refractivity contribution < 1.29 is 28.6 Å². The van der Waals surface area contributed by atoms with E-state index in [0.717, 1.165) is 0 Å². The predicted molar refractivity (Wildman–Crippen MR) is 104 cm³/mol. The number of rotatable bonds is 8. The summed E-state index contributed by atoms with van der Waals surface area (Å²) in [4.78, 5) is 36.0. The van der Waals surface area contributed by atoms with E-state index in [1.165, 1.54) is 13.0 Å². The summed E-state index contributed by atoms with van der Waals surface area (Å²) in [6.07, 6.45) is -0.916. The number of anilines is 1. The molecule has 0 fully saturated rings. The second kappa shape index (κ2) is 10.3. The van der Waals surface area contributed by atoms with Crippen LogP contribution in [0.15, 0.2) is 48.5 Å². The van der Waals surface area contributed by atoms with Crippen LogP contribution in [0.4, 0.5) is 5.69 Å². The monoisotopic (exact) mass is 405 g/mol. The van der Waals surface area contributed by atoms with Crippen LogP contribution in [0.5, 0.6) is 5.75 Å². The van der Waals surface area contributed by atoms with Crippen molar-refractivity contribution in [2.45, 2.75) is 20.0 Å². The number of hydrogen-bond acceptors (Lipinski definition) is 6. The summed E-state index contributed by atoms with van der Waals surface area (Å²) in [6, 6.07) is 12.9. The van der Waals surface area contributed by atoms with Crippen molar-refractivity contribution in [3.8, 4) is 5.75 Å². The Morgan fingerprint density at radius 2 is 1.71 bits per heavy atom. The molecule has 0 bridgehead atoms. The summed E-state index contributed by atoms with van der Waals surface area (Å²) < 4.78 is 15.3. The molecule has 1 amide bonds. The minimum atomic E-state index is -0.916. The Morgan fingerprint density at radius 1 is 1.04 bits per heavy atom. The van der Waals surface area contributed by atoms with Gasteiger partial charge in [0.1, 0.15) is 5.75 Å². The first kappa shape index (κ1) is 21.2. The standard InChI is InChI=1S/C20H20ClNO6/c1-3-26-20(25)16-6-4-5-7-17(16)22-18(23)12-27-19(24)13(2)28-15-10-8-14(21)9-11-15/h4-11,13H,3,12H2,1-2H3,(H,22,23)/t13-/m0/s1. The molecular formula is C20H20ClNO6. The van der Waals surface area contributed by atoms with E-state index in [4.69, 9.17) is 25.8 Å². The van der Waals surface area contributed by atoms with E-state index in [1.54, 1.807) is 49.4 Å². The lowest BCUT2D eigenvalue weighted by molar-refractivity contribution is -0.153. The zero-order chi connectivity index (χ0) is 20.5. The first-order valence-corrected chi connectivity index (χ1v) is 8.93. The average Bonchev–Trinajstić information content (AvgIpc) is 2.68. The van der Waals surface area contributed by atoms with Crippen LogP contribution in [0.25, 0.3) is 0 Å². The molecule has 0 unspecified atom stereocenters. The highest BCUT2D eigenvalue weighted by Crippen LogP contribution is 2.18. The highest BCUT2D eigenvalue weighted by atomic mass is 35.5. The lowest BCUT2D eigenvalue weighted by atomic mass is 10.2. The summed E-state index contributed by atoms with van der Waals surface area (Å²) in [5.41, 5.74) is 0.482. The van der Waals surface area contributed by atoms with Crippen molar-refractivity contribution in [3.63, 3.8) is 0 Å². The van der Waals surface area contributed by atoms with Crippen LogP contribution < -0.4 is 10.1 Å². The van der Waals surface area contributed by atoms with E-state index in [9.17, 15) is 14.4 Å². The molecule has 1 N–H and O–H groups in total. The Hall–Kier alpha value is -3.06. The summed E-state index contributed by atoms with van der Waals surface area (Å²) >= 11 is 5.79. The lowest BCUT2D eigenvalue weighted by Gasteiger charge is -2.14. The lowest BCUT2D eigenvalue weighted by Crippen LogP contribution is -2.30. The Kier molecular flexibility index (Phi) is 7.83. The number of carbonyl (C=O) groups is 3. The third-order valence-electron chi connectivity index (χ3n) is 3.50. The molecule has 2 aromatic carbocycles. The second-order valence-electron chi connectivity index (χ2n) is 5.64. The van der Waals surface area contributed by atoms with Gasteiger partial charge in [-0.05, 0) is 50.2 Å². The van der Waals surface area contributed by atoms with Crippen molar-refractivity contribution in [2.24, 2.45) is 0 Å². The molecule has 7 nitrogen and oxygen atoms in total. The maximum Gasteiger partial charge on any atom is 0.347 e. The van der Waals surface area contributed by atoms with Crippen LogP contribution >= 0.6 is 11.6 Å². The molecule has 8 heteroatoms. The molecule has 2 rings (SSSR count). The number of amides is 1. The van der Waals surface area contributed by atoms with Gasteiger partial charge in [0.15, 0.2) is 12.7 Å². The third kappa shape index (κ3) is 6.28. The first-order chi connectivity index (χ1) is 13.4. The Labute approximate surface area is 167 Å². The number of carbonyl (C=O) groups excluding carboxylic acids is 3. The average molecular weight is 406 g/mol. The van der Waals surface area contributed by atoms with E-state index in [-0.39, 0.29) is 17.9 Å². The number of halogens is 1. The van der Waals surface area contributed by atoms with Crippen LogP contribution in [0.2, 0.25) is 5.02 Å². The Balaban J connectivity index is 1.87. The van der Waals surface area contributed by atoms with Gasteiger partial charge >= 0.3 is 11.9 Å². The highest BCUT2D eigenvalue weighted by molar-refractivity contribution is 6.30. The fraction of sp³-hybridized carbons (Fsp3) is 0.250. The number of benzene rings is 2. The normalized spacial score (nSPS) is 11.2. The van der Waals surface area contributed by atoms with Crippen molar-refractivity contribution in [1.29, 1.82) is 0 Å². The highest BCUT2D eigenvalue weighted by Gasteiger charge is 2.19. The molecule has 2 aromatic rings. The van der Waals surface area contributed by atoms with Gasteiger partial charge in [-0.15, -0.1) is 0 Å². The maximum absolute atomic E-state index is 12.1. The van der Waals surface area contributed by atoms with Gasteiger partial charge in [-0.1, -0.05) is 23.7 Å². The van der Waals surface area contributed by atoms with Gasteiger partial charge in [-0.3, -0.25) is 4.79 Å². The summed E-state index contributed by atoms with van der Waals surface area (Å²) in [5, 5.41) is 3.07. The minimum absolute atomic E-state index is 0.212. The van der Waals surface area contributed by atoms with Crippen LogP contribution in [-0.4, -0.2) is 37.2 Å². The molecule has 0 saturated carbocycles. The quantitative estimate of drug-likeness (QED) is 0.676. The second-order valence-corrected chi connectivity index (χ2v) is 6.07. The maximum atomic E-state index is 12.1. The molecule has 0 aliphatic carbocycles. The van der Waals surface area contributed by atoms with Gasteiger partial charge in [-0.2, -0.15) is 0 Å². The van der Waals surface area contributed by atoms with Crippen molar-refractivity contribution >= 4 is 35.1 Å². The SMILES string of the molecule is CCOC(=O)c1ccccc1NC(=O)COC(=O)[C@H](C)Oc1ccc(Cl)cc1. The number of ether oxygens (including phenoxy) is 3.